The molecule has 17 heavy (non-hydrogen) atoms. The van der Waals surface area contributed by atoms with Crippen LogP contribution in [0, 0.1) is 0 Å². The lowest BCUT2D eigenvalue weighted by molar-refractivity contribution is 0.413. The van der Waals surface area contributed by atoms with Crippen molar-refractivity contribution in [3.8, 4) is 5.75 Å². The molecule has 3 nitrogen and oxygen atoms in total. The van der Waals surface area contributed by atoms with Crippen LogP contribution < -0.4 is 15.4 Å². The number of rotatable bonds is 4. The summed E-state index contributed by atoms with van der Waals surface area (Å²) in [5, 5.41) is 7.40. The van der Waals surface area contributed by atoms with Crippen molar-refractivity contribution in [1.82, 2.24) is 5.32 Å². The summed E-state index contributed by atoms with van der Waals surface area (Å²) < 4.78 is 5.27. The van der Waals surface area contributed by atoms with Gasteiger partial charge in [-0.25, -0.2) is 0 Å². The second kappa shape index (κ2) is 5.65. The third kappa shape index (κ3) is 2.87. The Hall–Kier alpha value is -0.870. The fourth-order valence-electron chi connectivity index (χ4n) is 2.05. The van der Waals surface area contributed by atoms with E-state index in [0.29, 0.717) is 11.3 Å². The number of ether oxygens (including phenoxy) is 1. The molecule has 1 aliphatic rings. The molecule has 0 fully saturated rings. The van der Waals surface area contributed by atoms with Gasteiger partial charge in [-0.3, -0.25) is 0 Å². The number of nitrogens with one attached hydrogen (secondary N) is 2. The number of methoxy groups -OCH3 is 1. The Balaban J connectivity index is 2.13. The maximum absolute atomic E-state index is 5.27. The van der Waals surface area contributed by atoms with E-state index < -0.39 is 0 Å². The number of hydrogen-bond acceptors (Lipinski definition) is 4. The maximum atomic E-state index is 5.27. The van der Waals surface area contributed by atoms with Crippen LogP contribution >= 0.6 is 11.8 Å². The van der Waals surface area contributed by atoms with Crippen LogP contribution in [0.2, 0.25) is 0 Å². The van der Waals surface area contributed by atoms with Gasteiger partial charge in [-0.1, -0.05) is 0 Å². The highest BCUT2D eigenvalue weighted by Gasteiger charge is 2.25. The van der Waals surface area contributed by atoms with E-state index >= 15 is 0 Å². The fraction of sp³-hybridized carbons (Fsp3) is 0.538. The fourth-order valence-corrected chi connectivity index (χ4v) is 3.32. The molecule has 1 heterocycles. The third-order valence-corrected chi connectivity index (χ3v) is 4.63. The van der Waals surface area contributed by atoms with E-state index in [9.17, 15) is 0 Å². The average molecular weight is 252 g/mol. The van der Waals surface area contributed by atoms with Gasteiger partial charge in [0.1, 0.15) is 5.75 Å². The van der Waals surface area contributed by atoms with E-state index in [1.807, 2.05) is 24.9 Å². The SMILES string of the molecule is CNCCC1Sc2cc(OC)ccc2NC1C. The second-order valence-corrected chi connectivity index (χ2v) is 5.62. The first-order valence-corrected chi connectivity index (χ1v) is 6.88. The molecule has 0 saturated carbocycles. The molecule has 1 aromatic rings. The van der Waals surface area contributed by atoms with Crippen molar-refractivity contribution in [3.05, 3.63) is 18.2 Å². The standard InChI is InChI=1S/C13H20N2OS/c1-9-12(6-7-14-2)17-13-8-10(16-3)4-5-11(13)15-9/h4-5,8-9,12,14-15H,6-7H2,1-3H3. The normalized spacial score (nSPS) is 22.8. The minimum atomic E-state index is 0.509. The van der Waals surface area contributed by atoms with Crippen LogP contribution in [0.1, 0.15) is 13.3 Å². The quantitative estimate of drug-likeness (QED) is 0.863. The van der Waals surface area contributed by atoms with Crippen molar-refractivity contribution in [3.63, 3.8) is 0 Å². The molecule has 0 radical (unpaired) electrons. The summed E-state index contributed by atoms with van der Waals surface area (Å²) in [5.41, 5.74) is 1.23. The zero-order valence-electron chi connectivity index (χ0n) is 10.6. The lowest BCUT2D eigenvalue weighted by atomic mass is 10.1. The van der Waals surface area contributed by atoms with Crippen molar-refractivity contribution in [2.24, 2.45) is 0 Å². The Morgan fingerprint density at radius 3 is 3.00 bits per heavy atom. The first-order valence-electron chi connectivity index (χ1n) is 6.00. The van der Waals surface area contributed by atoms with Crippen LogP contribution in [-0.2, 0) is 0 Å². The van der Waals surface area contributed by atoms with Gasteiger partial charge in [-0.15, -0.1) is 11.8 Å². The highest BCUT2D eigenvalue weighted by Crippen LogP contribution is 2.40. The molecule has 1 aromatic carbocycles. The van der Waals surface area contributed by atoms with E-state index in [4.69, 9.17) is 4.74 Å². The third-order valence-electron chi connectivity index (χ3n) is 3.09. The van der Waals surface area contributed by atoms with Crippen LogP contribution in [0.15, 0.2) is 23.1 Å². The summed E-state index contributed by atoms with van der Waals surface area (Å²) >= 11 is 1.95. The van der Waals surface area contributed by atoms with Gasteiger partial charge in [0.15, 0.2) is 0 Å². The van der Waals surface area contributed by atoms with E-state index in [1.165, 1.54) is 17.0 Å². The van der Waals surface area contributed by atoms with Crippen LogP contribution in [0.25, 0.3) is 0 Å². The summed E-state index contributed by atoms with van der Waals surface area (Å²) in [4.78, 5) is 1.29. The predicted octanol–water partition coefficient (Wildman–Crippen LogP) is 2.58. The average Bonchev–Trinajstić information content (AvgIpc) is 2.35. The van der Waals surface area contributed by atoms with Gasteiger partial charge < -0.3 is 15.4 Å². The summed E-state index contributed by atoms with van der Waals surface area (Å²) in [5.74, 6) is 0.931. The van der Waals surface area contributed by atoms with Gasteiger partial charge in [0.25, 0.3) is 0 Å². The van der Waals surface area contributed by atoms with Gasteiger partial charge in [0, 0.05) is 21.9 Å². The van der Waals surface area contributed by atoms with Crippen LogP contribution in [0.3, 0.4) is 0 Å². The molecule has 0 bridgehead atoms. The predicted molar refractivity (Wildman–Crippen MR) is 74.3 cm³/mol. The Labute approximate surface area is 107 Å². The van der Waals surface area contributed by atoms with E-state index in [1.54, 1.807) is 7.11 Å². The summed E-state index contributed by atoms with van der Waals surface area (Å²) in [7, 11) is 3.71. The molecule has 0 spiro atoms. The van der Waals surface area contributed by atoms with Crippen molar-refractivity contribution >= 4 is 17.4 Å². The maximum Gasteiger partial charge on any atom is 0.120 e. The monoisotopic (exact) mass is 252 g/mol. The molecule has 2 rings (SSSR count). The number of benzene rings is 1. The van der Waals surface area contributed by atoms with Gasteiger partial charge in [-0.2, -0.15) is 0 Å². The number of fused-ring (bicyclic) bond motifs is 1. The smallest absolute Gasteiger partial charge is 0.120 e. The van der Waals surface area contributed by atoms with Crippen LogP contribution in [0.4, 0.5) is 5.69 Å². The Kier molecular flexibility index (Phi) is 4.18. The van der Waals surface area contributed by atoms with Crippen molar-refractivity contribution < 1.29 is 4.74 Å². The minimum absolute atomic E-state index is 0.509. The first-order chi connectivity index (χ1) is 8.24. The van der Waals surface area contributed by atoms with Crippen molar-refractivity contribution in [2.45, 2.75) is 29.5 Å². The molecule has 4 heteroatoms. The van der Waals surface area contributed by atoms with Crippen LogP contribution in [-0.4, -0.2) is 32.0 Å². The first kappa shape index (κ1) is 12.6. The lowest BCUT2D eigenvalue weighted by Crippen LogP contribution is -2.33. The van der Waals surface area contributed by atoms with Crippen LogP contribution in [0.5, 0.6) is 5.75 Å². The highest BCUT2D eigenvalue weighted by atomic mass is 32.2. The molecule has 1 aliphatic heterocycles. The largest absolute Gasteiger partial charge is 0.497 e. The minimum Gasteiger partial charge on any atom is -0.497 e. The molecule has 2 unspecified atom stereocenters. The van der Waals surface area contributed by atoms with E-state index in [0.717, 1.165) is 12.3 Å². The lowest BCUT2D eigenvalue weighted by Gasteiger charge is -2.32. The molecular weight excluding hydrogens is 232 g/mol. The van der Waals surface area contributed by atoms with Crippen molar-refractivity contribution in [2.75, 3.05) is 26.0 Å². The molecule has 2 N–H and O–H groups in total. The zero-order valence-corrected chi connectivity index (χ0v) is 11.4. The second-order valence-electron chi connectivity index (χ2n) is 4.34. The van der Waals surface area contributed by atoms with Gasteiger partial charge in [0.05, 0.1) is 7.11 Å². The summed E-state index contributed by atoms with van der Waals surface area (Å²) in [6.45, 7) is 3.31. The summed E-state index contributed by atoms with van der Waals surface area (Å²) in [6.07, 6.45) is 1.17. The van der Waals surface area contributed by atoms with Gasteiger partial charge in [-0.05, 0) is 45.1 Å². The molecule has 0 aromatic heterocycles. The zero-order chi connectivity index (χ0) is 12.3. The Morgan fingerprint density at radius 1 is 1.47 bits per heavy atom. The highest BCUT2D eigenvalue weighted by molar-refractivity contribution is 8.00. The molecule has 0 aliphatic carbocycles. The molecule has 0 saturated heterocycles. The summed E-state index contributed by atoms with van der Waals surface area (Å²) in [6, 6.07) is 6.73. The molecule has 2 atom stereocenters. The Bertz CT molecular complexity index is 384. The topological polar surface area (TPSA) is 33.3 Å². The van der Waals surface area contributed by atoms with Gasteiger partial charge >= 0.3 is 0 Å². The Morgan fingerprint density at radius 2 is 2.29 bits per heavy atom. The van der Waals surface area contributed by atoms with E-state index in [-0.39, 0.29) is 0 Å². The molecular formula is C13H20N2OS. The van der Waals surface area contributed by atoms with Gasteiger partial charge in [0.2, 0.25) is 0 Å². The molecule has 94 valence electrons. The molecule has 0 amide bonds. The van der Waals surface area contributed by atoms with E-state index in [2.05, 4.69) is 29.7 Å². The number of anilines is 1. The number of hydrogen-bond donors (Lipinski definition) is 2. The van der Waals surface area contributed by atoms with Crippen molar-refractivity contribution in [1.29, 1.82) is 0 Å². The number of thioether (sulfide) groups is 1.